The first-order valence-corrected chi connectivity index (χ1v) is 4.52. The second-order valence-electron chi connectivity index (χ2n) is 1.94. The Morgan fingerprint density at radius 3 is 2.00 bits per heavy atom. The van der Waals surface area contributed by atoms with Gasteiger partial charge in [-0.1, -0.05) is 13.8 Å². The molecule has 5 heteroatoms. The minimum atomic E-state index is -0.492. The third-order valence-corrected chi connectivity index (χ3v) is 0.980. The predicted octanol–water partition coefficient (Wildman–Crippen LogP) is 1.02. The van der Waals surface area contributed by atoms with Gasteiger partial charge in [-0.25, -0.2) is 4.79 Å². The van der Waals surface area contributed by atoms with Crippen molar-refractivity contribution in [3.8, 4) is 12.8 Å². The van der Waals surface area contributed by atoms with Gasteiger partial charge in [-0.3, -0.25) is 9.68 Å². The zero-order chi connectivity index (χ0) is 12.7. The molecule has 0 unspecified atom stereocenters. The fraction of sp³-hybridized carbons (Fsp3) is 0.600. The lowest BCUT2D eigenvalue weighted by atomic mass is 10.2. The molecule has 15 heavy (non-hydrogen) atoms. The molecule has 2 N–H and O–H groups in total. The van der Waals surface area contributed by atoms with Crippen LogP contribution in [0, 0.1) is 12.8 Å². The number of hydrogen-bond donors (Lipinski definition) is 1. The van der Waals surface area contributed by atoms with Crippen molar-refractivity contribution in [1.82, 2.24) is 0 Å². The zero-order valence-corrected chi connectivity index (χ0v) is 9.49. The Morgan fingerprint density at radius 1 is 1.20 bits per heavy atom. The highest BCUT2D eigenvalue weighted by Gasteiger charge is 2.03. The number of terminal acetylenes is 1. The highest BCUT2D eigenvalue weighted by molar-refractivity contribution is 5.75. The fourth-order valence-electron chi connectivity index (χ4n) is 0.542. The average Bonchev–Trinajstić information content (AvgIpc) is 2.23. The summed E-state index contributed by atoms with van der Waals surface area (Å²) in [6.45, 7) is 4.00. The molecule has 0 atom stereocenters. The summed E-state index contributed by atoms with van der Waals surface area (Å²) in [7, 11) is 1.24. The summed E-state index contributed by atoms with van der Waals surface area (Å²) >= 11 is 0. The van der Waals surface area contributed by atoms with Gasteiger partial charge in [0.15, 0.2) is 0 Å². The van der Waals surface area contributed by atoms with Crippen molar-refractivity contribution < 1.29 is 19.4 Å². The number of rotatable bonds is 5. The molecule has 0 aromatic carbocycles. The van der Waals surface area contributed by atoms with Crippen LogP contribution in [0.3, 0.4) is 0 Å². The van der Waals surface area contributed by atoms with E-state index in [0.29, 0.717) is 6.42 Å². The van der Waals surface area contributed by atoms with E-state index in [9.17, 15) is 9.59 Å². The number of amides is 1. The van der Waals surface area contributed by atoms with Gasteiger partial charge < -0.3 is 5.73 Å². The van der Waals surface area contributed by atoms with Gasteiger partial charge in [0.25, 0.3) is 0 Å². The van der Waals surface area contributed by atoms with Gasteiger partial charge in [-0.2, -0.15) is 4.89 Å². The first kappa shape index (κ1) is 19.1. The van der Waals surface area contributed by atoms with Gasteiger partial charge in [0.2, 0.25) is 5.91 Å². The molecule has 0 aromatic heterocycles. The molecule has 0 saturated heterocycles. The molecule has 0 aromatic rings. The maximum atomic E-state index is 10.5. The van der Waals surface area contributed by atoms with Crippen LogP contribution >= 0.6 is 0 Å². The molecule has 0 aliphatic rings. The van der Waals surface area contributed by atoms with Crippen molar-refractivity contribution in [1.29, 1.82) is 0 Å². The van der Waals surface area contributed by atoms with E-state index in [2.05, 4.69) is 22.6 Å². The highest BCUT2D eigenvalue weighted by atomic mass is 17.2. The predicted molar refractivity (Wildman–Crippen MR) is 57.4 cm³/mol. The lowest BCUT2D eigenvalue weighted by Crippen LogP contribution is -2.11. The van der Waals surface area contributed by atoms with Crippen LogP contribution in [0.4, 0.5) is 0 Å². The highest BCUT2D eigenvalue weighted by Crippen LogP contribution is 1.96. The summed E-state index contributed by atoms with van der Waals surface area (Å²) in [4.78, 5) is 28.9. The van der Waals surface area contributed by atoms with Crippen LogP contribution in [-0.2, 0) is 19.4 Å². The van der Waals surface area contributed by atoms with Crippen LogP contribution in [0.2, 0.25) is 0 Å². The van der Waals surface area contributed by atoms with Gasteiger partial charge in [0, 0.05) is 12.8 Å². The lowest BCUT2D eigenvalue weighted by molar-refractivity contribution is -0.255. The molecule has 0 aliphatic carbocycles. The standard InChI is InChI=1S/C6H11NO4.C2H6.C2H2/c1-10-11-6(9)4-2-3-5(7)8;2*1-2/h2-4H2,1H3,(H2,7,8);1-2H3;1-2H. The van der Waals surface area contributed by atoms with Crippen molar-refractivity contribution in [2.45, 2.75) is 33.1 Å². The quantitative estimate of drug-likeness (QED) is 0.423. The Kier molecular flexibility index (Phi) is 23.3. The number of primary amides is 1. The smallest absolute Gasteiger partial charge is 0.342 e. The molecule has 88 valence electrons. The Hall–Kier alpha value is -1.54. The molecule has 0 bridgehead atoms. The number of nitrogens with two attached hydrogens (primary N) is 1. The Bertz CT molecular complexity index is 178. The van der Waals surface area contributed by atoms with Crippen LogP contribution in [0.5, 0.6) is 0 Å². The number of carbonyl (C=O) groups excluding carboxylic acids is 2. The third kappa shape index (κ3) is 24.5. The maximum absolute atomic E-state index is 10.5. The summed E-state index contributed by atoms with van der Waals surface area (Å²) in [6.07, 6.45) is 8.74. The molecule has 1 amide bonds. The van der Waals surface area contributed by atoms with Crippen LogP contribution < -0.4 is 5.73 Å². The van der Waals surface area contributed by atoms with Crippen LogP contribution in [0.1, 0.15) is 33.1 Å². The maximum Gasteiger partial charge on any atom is 0.342 e. The molecule has 0 heterocycles. The second kappa shape index (κ2) is 18.3. The number of hydrogen-bond acceptors (Lipinski definition) is 4. The molecule has 0 aliphatic heterocycles. The summed E-state index contributed by atoms with van der Waals surface area (Å²) < 4.78 is 0. The van der Waals surface area contributed by atoms with Crippen LogP contribution in [-0.4, -0.2) is 19.0 Å². The van der Waals surface area contributed by atoms with Gasteiger partial charge in [0.05, 0.1) is 7.11 Å². The molecule has 0 rings (SSSR count). The van der Waals surface area contributed by atoms with E-state index in [0.717, 1.165) is 0 Å². The van der Waals surface area contributed by atoms with E-state index < -0.39 is 11.9 Å². The van der Waals surface area contributed by atoms with Crippen molar-refractivity contribution in [3.05, 3.63) is 0 Å². The minimum Gasteiger partial charge on any atom is -0.370 e. The summed E-state index contributed by atoms with van der Waals surface area (Å²) in [6, 6.07) is 0. The largest absolute Gasteiger partial charge is 0.370 e. The molecule has 0 saturated carbocycles. The second-order valence-corrected chi connectivity index (χ2v) is 1.94. The first-order chi connectivity index (χ1) is 7.16. The van der Waals surface area contributed by atoms with Gasteiger partial charge >= 0.3 is 5.97 Å². The van der Waals surface area contributed by atoms with Crippen molar-refractivity contribution in [3.63, 3.8) is 0 Å². The molecule has 0 spiro atoms. The normalized spacial score (nSPS) is 7.27. The van der Waals surface area contributed by atoms with Crippen molar-refractivity contribution >= 4 is 11.9 Å². The van der Waals surface area contributed by atoms with E-state index in [1.807, 2.05) is 13.8 Å². The summed E-state index contributed by atoms with van der Waals surface area (Å²) in [5.74, 6) is -0.913. The fourth-order valence-corrected chi connectivity index (χ4v) is 0.542. The molecule has 0 radical (unpaired) electrons. The van der Waals surface area contributed by atoms with Gasteiger partial charge in [-0.05, 0) is 6.42 Å². The van der Waals surface area contributed by atoms with E-state index in [4.69, 9.17) is 5.73 Å². The zero-order valence-electron chi connectivity index (χ0n) is 9.49. The lowest BCUT2D eigenvalue weighted by Gasteiger charge is -1.97. The minimum absolute atomic E-state index is 0.150. The summed E-state index contributed by atoms with van der Waals surface area (Å²) in [5, 5.41) is 0. The topological polar surface area (TPSA) is 78.6 Å². The summed E-state index contributed by atoms with van der Waals surface area (Å²) in [5.41, 5.74) is 4.83. The van der Waals surface area contributed by atoms with Crippen LogP contribution in [0.25, 0.3) is 0 Å². The third-order valence-electron chi connectivity index (χ3n) is 0.980. The Balaban J connectivity index is -0.000000318. The Labute approximate surface area is 90.9 Å². The number of carbonyl (C=O) groups is 2. The molecular formula is C10H19NO4. The van der Waals surface area contributed by atoms with Gasteiger partial charge in [-0.15, -0.1) is 12.8 Å². The van der Waals surface area contributed by atoms with Gasteiger partial charge in [0.1, 0.15) is 0 Å². The molecule has 0 fully saturated rings. The van der Waals surface area contributed by atoms with E-state index in [1.54, 1.807) is 0 Å². The van der Waals surface area contributed by atoms with Crippen molar-refractivity contribution in [2.24, 2.45) is 5.73 Å². The Morgan fingerprint density at radius 2 is 1.67 bits per heavy atom. The van der Waals surface area contributed by atoms with Crippen LogP contribution in [0.15, 0.2) is 0 Å². The first-order valence-electron chi connectivity index (χ1n) is 4.52. The molecular weight excluding hydrogens is 198 g/mol. The average molecular weight is 217 g/mol. The molecule has 5 nitrogen and oxygen atoms in total. The SMILES string of the molecule is C#C.CC.COOC(=O)CCCC(N)=O. The van der Waals surface area contributed by atoms with E-state index in [1.165, 1.54) is 7.11 Å². The monoisotopic (exact) mass is 217 g/mol. The van der Waals surface area contributed by atoms with Crippen molar-refractivity contribution in [2.75, 3.05) is 7.11 Å². The van der Waals surface area contributed by atoms with E-state index in [-0.39, 0.29) is 12.8 Å². The van der Waals surface area contributed by atoms with E-state index >= 15 is 0 Å².